The summed E-state index contributed by atoms with van der Waals surface area (Å²) in [5.41, 5.74) is 0.462. The summed E-state index contributed by atoms with van der Waals surface area (Å²) in [5.74, 6) is 0. The van der Waals surface area contributed by atoms with Crippen molar-refractivity contribution in [3.8, 4) is 0 Å². The molecule has 0 aromatic carbocycles. The van der Waals surface area contributed by atoms with Gasteiger partial charge < -0.3 is 10.1 Å². The fourth-order valence-corrected chi connectivity index (χ4v) is 2.52. The van der Waals surface area contributed by atoms with Crippen molar-refractivity contribution in [1.29, 1.82) is 0 Å². The van der Waals surface area contributed by atoms with Gasteiger partial charge in [0.1, 0.15) is 0 Å². The Kier molecular flexibility index (Phi) is 5.07. The molecular formula is C13H27NO. The molecule has 1 N–H and O–H groups in total. The summed E-state index contributed by atoms with van der Waals surface area (Å²) in [5, 5.41) is 3.67. The summed E-state index contributed by atoms with van der Waals surface area (Å²) >= 11 is 0. The molecule has 0 heterocycles. The van der Waals surface area contributed by atoms with Gasteiger partial charge in [0.25, 0.3) is 0 Å². The van der Waals surface area contributed by atoms with E-state index in [9.17, 15) is 0 Å². The summed E-state index contributed by atoms with van der Waals surface area (Å²) in [6.07, 6.45) is 5.79. The first-order chi connectivity index (χ1) is 7.06. The Bertz CT molecular complexity index is 179. The van der Waals surface area contributed by atoms with Crippen molar-refractivity contribution in [3.05, 3.63) is 0 Å². The molecule has 0 aromatic rings. The van der Waals surface area contributed by atoms with Gasteiger partial charge in [-0.1, -0.05) is 26.7 Å². The Morgan fingerprint density at radius 3 is 2.73 bits per heavy atom. The Hall–Kier alpha value is -0.0800. The van der Waals surface area contributed by atoms with Crippen LogP contribution in [0.2, 0.25) is 0 Å². The zero-order valence-electron chi connectivity index (χ0n) is 10.8. The van der Waals surface area contributed by atoms with Gasteiger partial charge in [-0.25, -0.2) is 0 Å². The predicted molar refractivity (Wildman–Crippen MR) is 65.1 cm³/mol. The number of rotatable bonds is 5. The second-order valence-corrected chi connectivity index (χ2v) is 5.46. The van der Waals surface area contributed by atoms with E-state index < -0.39 is 0 Å². The van der Waals surface area contributed by atoms with Crippen molar-refractivity contribution in [2.75, 3.05) is 13.2 Å². The van der Waals surface area contributed by atoms with Crippen LogP contribution >= 0.6 is 0 Å². The van der Waals surface area contributed by atoms with E-state index in [1.807, 2.05) is 0 Å². The van der Waals surface area contributed by atoms with E-state index in [1.165, 1.54) is 25.7 Å². The summed E-state index contributed by atoms with van der Waals surface area (Å²) in [6.45, 7) is 10.8. The molecule has 1 aliphatic rings. The molecule has 1 fully saturated rings. The lowest BCUT2D eigenvalue weighted by Gasteiger charge is -2.39. The molecule has 2 unspecified atom stereocenters. The molecule has 2 atom stereocenters. The fraction of sp³-hybridized carbons (Fsp3) is 1.00. The summed E-state index contributed by atoms with van der Waals surface area (Å²) < 4.78 is 5.54. The van der Waals surface area contributed by atoms with Crippen LogP contribution in [-0.2, 0) is 4.74 Å². The van der Waals surface area contributed by atoms with Crippen LogP contribution in [0.4, 0.5) is 0 Å². The van der Waals surface area contributed by atoms with Gasteiger partial charge in [-0.2, -0.15) is 0 Å². The molecule has 2 heteroatoms. The topological polar surface area (TPSA) is 21.3 Å². The summed E-state index contributed by atoms with van der Waals surface area (Å²) in [4.78, 5) is 0. The smallest absolute Gasteiger partial charge is 0.0671 e. The van der Waals surface area contributed by atoms with Crippen molar-refractivity contribution >= 4 is 0 Å². The third-order valence-corrected chi connectivity index (χ3v) is 3.61. The largest absolute Gasteiger partial charge is 0.377 e. The van der Waals surface area contributed by atoms with Crippen LogP contribution in [0.15, 0.2) is 0 Å². The van der Waals surface area contributed by atoms with Gasteiger partial charge >= 0.3 is 0 Å². The molecule has 0 radical (unpaired) electrons. The Labute approximate surface area is 94.8 Å². The van der Waals surface area contributed by atoms with Gasteiger partial charge in [0.15, 0.2) is 0 Å². The lowest BCUT2D eigenvalue weighted by molar-refractivity contribution is 0.0642. The maximum absolute atomic E-state index is 5.54. The molecule has 0 aromatic heterocycles. The molecule has 1 saturated carbocycles. The van der Waals surface area contributed by atoms with Gasteiger partial charge in [0, 0.05) is 19.2 Å². The number of hydrogen-bond acceptors (Lipinski definition) is 2. The average Bonchev–Trinajstić information content (AvgIpc) is 2.16. The maximum atomic E-state index is 5.54. The van der Waals surface area contributed by atoms with Gasteiger partial charge in [0.05, 0.1) is 6.10 Å². The Balaban J connectivity index is 2.30. The average molecular weight is 213 g/mol. The van der Waals surface area contributed by atoms with Gasteiger partial charge in [0.2, 0.25) is 0 Å². The fourth-order valence-electron chi connectivity index (χ4n) is 2.52. The van der Waals surface area contributed by atoms with Crippen LogP contribution in [0, 0.1) is 5.41 Å². The SMILES string of the molecule is CCOC(C)CNC1CCCCC1(C)C. The highest BCUT2D eigenvalue weighted by Crippen LogP contribution is 2.35. The minimum Gasteiger partial charge on any atom is -0.377 e. The molecule has 15 heavy (non-hydrogen) atoms. The first kappa shape index (κ1) is 13.0. The van der Waals surface area contributed by atoms with Crippen LogP contribution in [0.3, 0.4) is 0 Å². The molecule has 0 spiro atoms. The van der Waals surface area contributed by atoms with Crippen molar-refractivity contribution in [1.82, 2.24) is 5.32 Å². The van der Waals surface area contributed by atoms with E-state index in [-0.39, 0.29) is 0 Å². The minimum absolute atomic E-state index is 0.340. The number of nitrogens with one attached hydrogen (secondary N) is 1. The van der Waals surface area contributed by atoms with Gasteiger partial charge in [-0.05, 0) is 32.1 Å². The highest BCUT2D eigenvalue weighted by molar-refractivity contribution is 4.88. The molecule has 90 valence electrons. The Morgan fingerprint density at radius 2 is 2.13 bits per heavy atom. The molecule has 0 bridgehead atoms. The highest BCUT2D eigenvalue weighted by atomic mass is 16.5. The van der Waals surface area contributed by atoms with E-state index in [2.05, 4.69) is 33.0 Å². The second-order valence-electron chi connectivity index (χ2n) is 5.46. The van der Waals surface area contributed by atoms with Crippen LogP contribution in [-0.4, -0.2) is 25.3 Å². The lowest BCUT2D eigenvalue weighted by Crippen LogP contribution is -2.46. The lowest BCUT2D eigenvalue weighted by atomic mass is 9.73. The van der Waals surface area contributed by atoms with E-state index in [0.29, 0.717) is 17.6 Å². The molecule has 2 nitrogen and oxygen atoms in total. The third-order valence-electron chi connectivity index (χ3n) is 3.61. The molecule has 1 rings (SSSR count). The number of hydrogen-bond donors (Lipinski definition) is 1. The van der Waals surface area contributed by atoms with E-state index in [0.717, 1.165) is 13.2 Å². The van der Waals surface area contributed by atoms with Crippen molar-refractivity contribution in [2.24, 2.45) is 5.41 Å². The second kappa shape index (κ2) is 5.86. The molecule has 1 aliphatic carbocycles. The van der Waals surface area contributed by atoms with E-state index in [4.69, 9.17) is 4.74 Å². The first-order valence-corrected chi connectivity index (χ1v) is 6.41. The first-order valence-electron chi connectivity index (χ1n) is 6.41. The Morgan fingerprint density at radius 1 is 1.40 bits per heavy atom. The quantitative estimate of drug-likeness (QED) is 0.758. The maximum Gasteiger partial charge on any atom is 0.0671 e. The van der Waals surface area contributed by atoms with Gasteiger partial charge in [-0.3, -0.25) is 0 Å². The summed E-state index contributed by atoms with van der Waals surface area (Å²) in [7, 11) is 0. The van der Waals surface area contributed by atoms with E-state index >= 15 is 0 Å². The van der Waals surface area contributed by atoms with Crippen molar-refractivity contribution in [3.63, 3.8) is 0 Å². The third kappa shape index (κ3) is 4.12. The zero-order chi connectivity index (χ0) is 11.3. The van der Waals surface area contributed by atoms with Crippen LogP contribution < -0.4 is 5.32 Å². The van der Waals surface area contributed by atoms with Crippen LogP contribution in [0.25, 0.3) is 0 Å². The predicted octanol–water partition coefficient (Wildman–Crippen LogP) is 2.97. The monoisotopic (exact) mass is 213 g/mol. The number of ether oxygens (including phenoxy) is 1. The minimum atomic E-state index is 0.340. The zero-order valence-corrected chi connectivity index (χ0v) is 10.8. The standard InChI is InChI=1S/C13H27NO/c1-5-15-11(2)10-14-12-8-6-7-9-13(12,3)4/h11-12,14H,5-10H2,1-4H3. The normalized spacial score (nSPS) is 27.6. The molecule has 0 amide bonds. The highest BCUT2D eigenvalue weighted by Gasteiger charge is 2.31. The van der Waals surface area contributed by atoms with Crippen LogP contribution in [0.5, 0.6) is 0 Å². The molecular weight excluding hydrogens is 186 g/mol. The van der Waals surface area contributed by atoms with E-state index in [1.54, 1.807) is 0 Å². The molecule has 0 aliphatic heterocycles. The van der Waals surface area contributed by atoms with Crippen molar-refractivity contribution in [2.45, 2.75) is 65.5 Å². The summed E-state index contributed by atoms with van der Waals surface area (Å²) in [6, 6.07) is 0.675. The van der Waals surface area contributed by atoms with Gasteiger partial charge in [-0.15, -0.1) is 0 Å². The molecule has 0 saturated heterocycles. The van der Waals surface area contributed by atoms with Crippen LogP contribution in [0.1, 0.15) is 53.4 Å². The van der Waals surface area contributed by atoms with Crippen molar-refractivity contribution < 1.29 is 4.74 Å².